The van der Waals surface area contributed by atoms with Crippen LogP contribution >= 0.6 is 0 Å². The lowest BCUT2D eigenvalue weighted by Gasteiger charge is -2.31. The Labute approximate surface area is 152 Å². The Morgan fingerprint density at radius 3 is 2.76 bits per heavy atom. The van der Waals surface area contributed by atoms with Gasteiger partial charge < -0.3 is 10.2 Å². The number of amides is 1. The summed E-state index contributed by atoms with van der Waals surface area (Å²) in [5.74, 6) is 1.16. The molecule has 2 heterocycles. The highest BCUT2D eigenvalue weighted by molar-refractivity contribution is 5.92. The van der Waals surface area contributed by atoms with E-state index < -0.39 is 0 Å². The Hall–Kier alpha value is -1.36. The fraction of sp³-hybridized carbons (Fsp3) is 0.800. The zero-order chi connectivity index (χ0) is 17.8. The Bertz CT molecular complexity index is 574. The van der Waals surface area contributed by atoms with Gasteiger partial charge in [-0.3, -0.25) is 9.48 Å². The zero-order valence-electron chi connectivity index (χ0n) is 16.1. The lowest BCUT2D eigenvalue weighted by atomic mass is 9.94. The van der Waals surface area contributed by atoms with E-state index in [9.17, 15) is 4.79 Å². The third-order valence-corrected chi connectivity index (χ3v) is 5.74. The van der Waals surface area contributed by atoms with Crippen molar-refractivity contribution < 1.29 is 4.79 Å². The Balaban J connectivity index is 1.47. The first-order valence-electron chi connectivity index (χ1n) is 10.1. The van der Waals surface area contributed by atoms with Crippen molar-refractivity contribution in [3.8, 4) is 0 Å². The molecular formula is C20H34N4O. The fourth-order valence-electron chi connectivity index (χ4n) is 4.39. The third-order valence-electron chi connectivity index (χ3n) is 5.74. The molecule has 1 saturated carbocycles. The SMILES string of the molecule is CC(C)Cc1cc(C(=O)NC[C@H]2CCN(C3CCCCC3)C2)n(C)n1. The first-order chi connectivity index (χ1) is 12.0. The number of aromatic nitrogens is 2. The molecule has 1 saturated heterocycles. The minimum atomic E-state index is 0.0149. The maximum Gasteiger partial charge on any atom is 0.269 e. The predicted octanol–water partition coefficient (Wildman–Crippen LogP) is 3.00. The molecule has 140 valence electrons. The fourth-order valence-corrected chi connectivity index (χ4v) is 4.39. The Morgan fingerprint density at radius 1 is 1.28 bits per heavy atom. The normalized spacial score (nSPS) is 22.6. The van der Waals surface area contributed by atoms with Crippen LogP contribution in [0.1, 0.15) is 68.6 Å². The van der Waals surface area contributed by atoms with Crippen molar-refractivity contribution in [1.29, 1.82) is 0 Å². The van der Waals surface area contributed by atoms with E-state index in [-0.39, 0.29) is 5.91 Å². The van der Waals surface area contributed by atoms with Crippen LogP contribution in [-0.4, -0.2) is 46.3 Å². The van der Waals surface area contributed by atoms with Gasteiger partial charge in [0.1, 0.15) is 5.69 Å². The van der Waals surface area contributed by atoms with Crippen molar-refractivity contribution >= 4 is 5.91 Å². The molecule has 1 aliphatic heterocycles. The molecule has 1 aromatic heterocycles. The van der Waals surface area contributed by atoms with Crippen LogP contribution in [0, 0.1) is 11.8 Å². The minimum Gasteiger partial charge on any atom is -0.350 e. The molecule has 0 bridgehead atoms. The lowest BCUT2D eigenvalue weighted by molar-refractivity contribution is 0.0937. The molecule has 0 spiro atoms. The molecule has 1 atom stereocenters. The van der Waals surface area contributed by atoms with Crippen molar-refractivity contribution in [2.45, 2.75) is 64.8 Å². The summed E-state index contributed by atoms with van der Waals surface area (Å²) in [4.78, 5) is 15.2. The predicted molar refractivity (Wildman–Crippen MR) is 101 cm³/mol. The molecular weight excluding hydrogens is 312 g/mol. The quantitative estimate of drug-likeness (QED) is 0.861. The van der Waals surface area contributed by atoms with E-state index in [1.54, 1.807) is 4.68 Å². The molecule has 0 aromatic carbocycles. The molecule has 1 aromatic rings. The van der Waals surface area contributed by atoms with E-state index in [0.29, 0.717) is 17.5 Å². The van der Waals surface area contributed by atoms with E-state index in [0.717, 1.165) is 31.2 Å². The minimum absolute atomic E-state index is 0.0149. The Morgan fingerprint density at radius 2 is 2.04 bits per heavy atom. The van der Waals surface area contributed by atoms with Crippen LogP contribution < -0.4 is 5.32 Å². The van der Waals surface area contributed by atoms with Gasteiger partial charge in [-0.25, -0.2) is 0 Å². The molecule has 25 heavy (non-hydrogen) atoms. The van der Waals surface area contributed by atoms with E-state index >= 15 is 0 Å². The molecule has 1 amide bonds. The summed E-state index contributed by atoms with van der Waals surface area (Å²) in [5, 5.41) is 7.62. The standard InChI is InChI=1S/C20H34N4O/c1-15(2)11-17-12-19(23(3)22-17)20(25)21-13-16-9-10-24(14-16)18-7-5-4-6-8-18/h12,15-16,18H,4-11,13-14H2,1-3H3,(H,21,25)/t16-/m1/s1. The maximum atomic E-state index is 12.5. The number of hydrogen-bond donors (Lipinski definition) is 1. The van der Waals surface area contributed by atoms with E-state index in [1.807, 2.05) is 13.1 Å². The summed E-state index contributed by atoms with van der Waals surface area (Å²) in [5.41, 5.74) is 1.68. The number of likely N-dealkylation sites (tertiary alicyclic amines) is 1. The van der Waals surface area contributed by atoms with Crippen molar-refractivity contribution in [3.05, 3.63) is 17.5 Å². The van der Waals surface area contributed by atoms with Gasteiger partial charge in [0.05, 0.1) is 5.69 Å². The second-order valence-electron chi connectivity index (χ2n) is 8.39. The van der Waals surface area contributed by atoms with E-state index in [1.165, 1.54) is 45.1 Å². The third kappa shape index (κ3) is 4.84. The van der Waals surface area contributed by atoms with Gasteiger partial charge in [-0.2, -0.15) is 5.10 Å². The van der Waals surface area contributed by atoms with Crippen molar-refractivity contribution in [1.82, 2.24) is 20.0 Å². The average molecular weight is 347 g/mol. The van der Waals surface area contributed by atoms with Crippen molar-refractivity contribution in [3.63, 3.8) is 0 Å². The van der Waals surface area contributed by atoms with Crippen LogP contribution in [-0.2, 0) is 13.5 Å². The first-order valence-corrected chi connectivity index (χ1v) is 10.1. The van der Waals surface area contributed by atoms with Gasteiger partial charge in [-0.05, 0) is 50.1 Å². The topological polar surface area (TPSA) is 50.2 Å². The van der Waals surface area contributed by atoms with Gasteiger partial charge in [-0.1, -0.05) is 33.1 Å². The highest BCUT2D eigenvalue weighted by atomic mass is 16.2. The molecule has 3 rings (SSSR count). The van der Waals surface area contributed by atoms with Crippen molar-refractivity contribution in [2.24, 2.45) is 18.9 Å². The highest BCUT2D eigenvalue weighted by Crippen LogP contribution is 2.27. The highest BCUT2D eigenvalue weighted by Gasteiger charge is 2.29. The second kappa shape index (κ2) is 8.35. The van der Waals surface area contributed by atoms with Gasteiger partial charge in [0.2, 0.25) is 0 Å². The smallest absolute Gasteiger partial charge is 0.269 e. The monoisotopic (exact) mass is 346 g/mol. The van der Waals surface area contributed by atoms with Gasteiger partial charge in [0.15, 0.2) is 0 Å². The molecule has 5 nitrogen and oxygen atoms in total. The largest absolute Gasteiger partial charge is 0.350 e. The van der Waals surface area contributed by atoms with Gasteiger partial charge in [0.25, 0.3) is 5.91 Å². The van der Waals surface area contributed by atoms with E-state index in [4.69, 9.17) is 0 Å². The number of carbonyl (C=O) groups excluding carboxylic acids is 1. The summed E-state index contributed by atoms with van der Waals surface area (Å²) >= 11 is 0. The van der Waals surface area contributed by atoms with Crippen LogP contribution in [0.4, 0.5) is 0 Å². The van der Waals surface area contributed by atoms with Crippen LogP contribution in [0.25, 0.3) is 0 Å². The van der Waals surface area contributed by atoms with Crippen LogP contribution in [0.5, 0.6) is 0 Å². The first kappa shape index (κ1) is 18.4. The van der Waals surface area contributed by atoms with Gasteiger partial charge in [0, 0.05) is 26.2 Å². The number of hydrogen-bond acceptors (Lipinski definition) is 3. The van der Waals surface area contributed by atoms with Crippen LogP contribution in [0.3, 0.4) is 0 Å². The number of carbonyl (C=O) groups is 1. The summed E-state index contributed by atoms with van der Waals surface area (Å²) in [6.45, 7) is 7.48. The zero-order valence-corrected chi connectivity index (χ0v) is 16.1. The number of nitrogens with one attached hydrogen (secondary N) is 1. The molecule has 5 heteroatoms. The summed E-state index contributed by atoms with van der Waals surface area (Å²) < 4.78 is 1.72. The number of nitrogens with zero attached hydrogens (tertiary/aromatic N) is 3. The van der Waals surface area contributed by atoms with Crippen LogP contribution in [0.15, 0.2) is 6.07 Å². The number of rotatable bonds is 6. The lowest BCUT2D eigenvalue weighted by Crippen LogP contribution is -2.36. The molecule has 2 aliphatic rings. The maximum absolute atomic E-state index is 12.5. The Kier molecular flexibility index (Phi) is 6.15. The second-order valence-corrected chi connectivity index (χ2v) is 8.39. The van der Waals surface area contributed by atoms with Gasteiger partial charge >= 0.3 is 0 Å². The summed E-state index contributed by atoms with van der Waals surface area (Å²) in [7, 11) is 1.86. The molecule has 1 aliphatic carbocycles. The van der Waals surface area contributed by atoms with Crippen LogP contribution in [0.2, 0.25) is 0 Å². The molecule has 2 fully saturated rings. The number of aryl methyl sites for hydroxylation is 1. The molecule has 1 N–H and O–H groups in total. The molecule has 0 unspecified atom stereocenters. The summed E-state index contributed by atoms with van der Waals surface area (Å²) in [6, 6.07) is 2.74. The average Bonchev–Trinajstić information content (AvgIpc) is 3.20. The van der Waals surface area contributed by atoms with E-state index in [2.05, 4.69) is 29.2 Å². The van der Waals surface area contributed by atoms with Crippen molar-refractivity contribution in [2.75, 3.05) is 19.6 Å². The molecule has 0 radical (unpaired) electrons. The van der Waals surface area contributed by atoms with Gasteiger partial charge in [-0.15, -0.1) is 0 Å². The summed E-state index contributed by atoms with van der Waals surface area (Å²) in [6.07, 6.45) is 9.05.